The lowest BCUT2D eigenvalue weighted by molar-refractivity contribution is -0.384. The van der Waals surface area contributed by atoms with E-state index < -0.39 is 0 Å². The summed E-state index contributed by atoms with van der Waals surface area (Å²) in [5.41, 5.74) is 1.19. The number of rotatable bonds is 7. The molecule has 0 radical (unpaired) electrons. The molecule has 21 heavy (non-hydrogen) atoms. The van der Waals surface area contributed by atoms with Gasteiger partial charge in [-0.1, -0.05) is 19.1 Å². The van der Waals surface area contributed by atoms with Crippen LogP contribution >= 0.6 is 11.3 Å². The van der Waals surface area contributed by atoms with E-state index in [2.05, 4.69) is 12.2 Å². The average molecular weight is 306 g/mol. The summed E-state index contributed by atoms with van der Waals surface area (Å²) < 4.78 is 5.22. The summed E-state index contributed by atoms with van der Waals surface area (Å²) in [6.07, 6.45) is 0.787. The van der Waals surface area contributed by atoms with Crippen molar-refractivity contribution in [1.29, 1.82) is 0 Å². The van der Waals surface area contributed by atoms with Crippen molar-refractivity contribution in [3.63, 3.8) is 0 Å². The van der Waals surface area contributed by atoms with Crippen molar-refractivity contribution in [2.45, 2.75) is 19.4 Å². The minimum absolute atomic E-state index is 0.122. The predicted octanol–water partition coefficient (Wildman–Crippen LogP) is 3.56. The van der Waals surface area contributed by atoms with E-state index in [-0.39, 0.29) is 16.7 Å². The van der Waals surface area contributed by atoms with E-state index in [4.69, 9.17) is 4.74 Å². The van der Waals surface area contributed by atoms with Gasteiger partial charge in [-0.05, 0) is 24.6 Å². The maximum absolute atomic E-state index is 10.7. The van der Waals surface area contributed by atoms with E-state index in [9.17, 15) is 10.1 Å². The number of nitro groups is 1. The van der Waals surface area contributed by atoms with E-state index in [1.165, 1.54) is 4.88 Å². The zero-order valence-electron chi connectivity index (χ0n) is 12.0. The maximum Gasteiger partial charge on any atom is 0.269 e. The van der Waals surface area contributed by atoms with Gasteiger partial charge in [0.05, 0.1) is 12.0 Å². The molecule has 112 valence electrons. The highest BCUT2D eigenvalue weighted by Gasteiger charge is 2.15. The molecule has 0 spiro atoms. The number of likely N-dealkylation sites (N-methyl/N-ethyl adjacent to an activating group) is 1. The second-order valence-electron chi connectivity index (χ2n) is 4.63. The summed E-state index contributed by atoms with van der Waals surface area (Å²) in [4.78, 5) is 11.5. The Morgan fingerprint density at radius 1 is 1.38 bits per heavy atom. The van der Waals surface area contributed by atoms with Gasteiger partial charge in [0.1, 0.15) is 5.75 Å². The van der Waals surface area contributed by atoms with Crippen LogP contribution in [0.4, 0.5) is 5.69 Å². The summed E-state index contributed by atoms with van der Waals surface area (Å²) in [5, 5.41) is 16.1. The van der Waals surface area contributed by atoms with Crippen LogP contribution < -0.4 is 10.1 Å². The van der Waals surface area contributed by atoms with Gasteiger partial charge in [-0.15, -0.1) is 11.3 Å². The zero-order valence-corrected chi connectivity index (χ0v) is 12.9. The van der Waals surface area contributed by atoms with Crippen LogP contribution in [0.15, 0.2) is 35.7 Å². The number of ether oxygens (including phenoxy) is 1. The van der Waals surface area contributed by atoms with Crippen LogP contribution in [0, 0.1) is 10.1 Å². The zero-order chi connectivity index (χ0) is 15.2. The molecule has 1 atom stereocenters. The van der Waals surface area contributed by atoms with E-state index in [1.54, 1.807) is 30.6 Å². The van der Waals surface area contributed by atoms with Gasteiger partial charge >= 0.3 is 0 Å². The molecule has 1 N–H and O–H groups in total. The fraction of sp³-hybridized carbons (Fsp3) is 0.333. The van der Waals surface area contributed by atoms with Crippen molar-refractivity contribution in [2.24, 2.45) is 0 Å². The van der Waals surface area contributed by atoms with Crippen LogP contribution in [0.1, 0.15) is 23.4 Å². The van der Waals surface area contributed by atoms with E-state index in [0.29, 0.717) is 0 Å². The molecular formula is C15H18N2O3S. The third-order valence-corrected chi connectivity index (χ3v) is 4.24. The predicted molar refractivity (Wildman–Crippen MR) is 84.1 cm³/mol. The largest absolute Gasteiger partial charge is 0.496 e. The number of methoxy groups -OCH3 is 1. The molecule has 1 aromatic heterocycles. The maximum atomic E-state index is 10.7. The van der Waals surface area contributed by atoms with Gasteiger partial charge in [-0.2, -0.15) is 0 Å². The molecule has 1 heterocycles. The molecule has 0 saturated carbocycles. The first kappa shape index (κ1) is 15.5. The van der Waals surface area contributed by atoms with Crippen molar-refractivity contribution in [1.82, 2.24) is 5.32 Å². The Morgan fingerprint density at radius 2 is 2.10 bits per heavy atom. The van der Waals surface area contributed by atoms with Gasteiger partial charge in [0, 0.05) is 28.4 Å². The average Bonchev–Trinajstić information content (AvgIpc) is 2.96. The molecule has 1 aromatic carbocycles. The van der Waals surface area contributed by atoms with Crippen molar-refractivity contribution < 1.29 is 9.66 Å². The highest BCUT2D eigenvalue weighted by atomic mass is 32.1. The van der Waals surface area contributed by atoms with Gasteiger partial charge in [-0.25, -0.2) is 0 Å². The fourth-order valence-electron chi connectivity index (χ4n) is 2.13. The molecular weight excluding hydrogens is 288 g/mol. The van der Waals surface area contributed by atoms with Crippen molar-refractivity contribution in [2.75, 3.05) is 13.7 Å². The third kappa shape index (κ3) is 4.03. The lowest BCUT2D eigenvalue weighted by atomic mass is 10.0. The Labute approximate surface area is 127 Å². The second kappa shape index (κ2) is 7.19. The summed E-state index contributed by atoms with van der Waals surface area (Å²) in [7, 11) is 1.66. The first-order valence-corrected chi connectivity index (χ1v) is 7.61. The number of hydrogen-bond donors (Lipinski definition) is 1. The molecule has 0 aliphatic heterocycles. The number of benzene rings is 1. The molecule has 0 amide bonds. The quantitative estimate of drug-likeness (QED) is 0.627. The van der Waals surface area contributed by atoms with Crippen LogP contribution in [-0.2, 0) is 6.42 Å². The Hall–Kier alpha value is -1.92. The Balaban J connectivity index is 2.13. The molecule has 1 unspecified atom stereocenters. The molecule has 6 heteroatoms. The highest BCUT2D eigenvalue weighted by molar-refractivity contribution is 7.10. The molecule has 0 aliphatic rings. The summed E-state index contributed by atoms with van der Waals surface area (Å²) in [6, 6.07) is 8.94. The smallest absolute Gasteiger partial charge is 0.269 e. The molecule has 2 rings (SSSR count). The molecule has 0 saturated heterocycles. The molecule has 0 bridgehead atoms. The number of nitrogens with one attached hydrogen (secondary N) is 1. The first-order chi connectivity index (χ1) is 10.1. The molecule has 5 nitrogen and oxygen atoms in total. The highest BCUT2D eigenvalue weighted by Crippen LogP contribution is 2.29. The van der Waals surface area contributed by atoms with E-state index >= 15 is 0 Å². The van der Waals surface area contributed by atoms with Gasteiger partial charge in [0.2, 0.25) is 0 Å². The Bertz CT molecular complexity index is 595. The Morgan fingerprint density at radius 3 is 2.62 bits per heavy atom. The number of thiophene rings is 1. The first-order valence-electron chi connectivity index (χ1n) is 6.73. The summed E-state index contributed by atoms with van der Waals surface area (Å²) >= 11 is 1.65. The second-order valence-corrected chi connectivity index (χ2v) is 5.57. The standard InChI is InChI=1S/C15H18N2O3S/c1-3-16-14(15-9-13(20-2)10-21-15)8-11-4-6-12(7-5-11)17(18)19/h4-7,9-10,14,16H,3,8H2,1-2H3. The molecule has 0 aliphatic carbocycles. The van der Waals surface area contributed by atoms with Gasteiger partial charge < -0.3 is 10.1 Å². The van der Waals surface area contributed by atoms with Crippen molar-refractivity contribution in [3.05, 3.63) is 56.3 Å². The van der Waals surface area contributed by atoms with Crippen LogP contribution in [0.2, 0.25) is 0 Å². The number of non-ortho nitro benzene ring substituents is 1. The molecule has 0 fully saturated rings. The van der Waals surface area contributed by atoms with Crippen LogP contribution in [0.5, 0.6) is 5.75 Å². The lowest BCUT2D eigenvalue weighted by Gasteiger charge is -2.16. The van der Waals surface area contributed by atoms with Gasteiger partial charge in [0.15, 0.2) is 0 Å². The molecule has 2 aromatic rings. The normalized spacial score (nSPS) is 12.1. The summed E-state index contributed by atoms with van der Waals surface area (Å²) in [5.74, 6) is 0.863. The number of nitrogens with zero attached hydrogens (tertiary/aromatic N) is 1. The minimum atomic E-state index is -0.379. The van der Waals surface area contributed by atoms with Gasteiger partial charge in [0.25, 0.3) is 5.69 Å². The third-order valence-electron chi connectivity index (χ3n) is 3.21. The summed E-state index contributed by atoms with van der Waals surface area (Å²) in [6.45, 7) is 2.92. The number of hydrogen-bond acceptors (Lipinski definition) is 5. The monoisotopic (exact) mass is 306 g/mol. The fourth-order valence-corrected chi connectivity index (χ4v) is 3.06. The van der Waals surface area contributed by atoms with Crippen LogP contribution in [-0.4, -0.2) is 18.6 Å². The minimum Gasteiger partial charge on any atom is -0.496 e. The van der Waals surface area contributed by atoms with Crippen LogP contribution in [0.3, 0.4) is 0 Å². The van der Waals surface area contributed by atoms with Gasteiger partial charge in [-0.3, -0.25) is 10.1 Å². The van der Waals surface area contributed by atoms with Crippen molar-refractivity contribution >= 4 is 17.0 Å². The van der Waals surface area contributed by atoms with E-state index in [0.717, 1.165) is 24.3 Å². The Kier molecular flexibility index (Phi) is 5.30. The van der Waals surface area contributed by atoms with Crippen LogP contribution in [0.25, 0.3) is 0 Å². The number of nitro benzene ring substituents is 1. The topological polar surface area (TPSA) is 64.4 Å². The SMILES string of the molecule is CCNC(Cc1ccc([N+](=O)[O-])cc1)c1cc(OC)cs1. The van der Waals surface area contributed by atoms with Crippen molar-refractivity contribution in [3.8, 4) is 5.75 Å². The lowest BCUT2D eigenvalue weighted by Crippen LogP contribution is -2.22. The van der Waals surface area contributed by atoms with E-state index in [1.807, 2.05) is 23.6 Å².